The highest BCUT2D eigenvalue weighted by Gasteiger charge is 2.63. The Morgan fingerprint density at radius 1 is 1.22 bits per heavy atom. The summed E-state index contributed by atoms with van der Waals surface area (Å²) in [6, 6.07) is 9.10. The van der Waals surface area contributed by atoms with E-state index in [-0.39, 0.29) is 24.6 Å². The van der Waals surface area contributed by atoms with Crippen molar-refractivity contribution in [3.05, 3.63) is 41.5 Å². The summed E-state index contributed by atoms with van der Waals surface area (Å²) >= 11 is 0. The Labute approximate surface area is 133 Å². The molecule has 2 fully saturated rings. The number of ether oxygens (including phenoxy) is 2. The third-order valence-electron chi connectivity index (χ3n) is 4.86. The Balaban J connectivity index is 1.87. The molecule has 5 heteroatoms. The highest BCUT2D eigenvalue weighted by atomic mass is 16.5. The minimum Gasteiger partial charge on any atom is -0.463 e. The van der Waals surface area contributed by atoms with Crippen LogP contribution in [-0.2, 0) is 23.9 Å². The lowest BCUT2D eigenvalue weighted by Crippen LogP contribution is -2.36. The highest BCUT2D eigenvalue weighted by molar-refractivity contribution is 6.31. The maximum absolute atomic E-state index is 12.9. The van der Waals surface area contributed by atoms with Gasteiger partial charge in [-0.15, -0.1) is 0 Å². The van der Waals surface area contributed by atoms with Crippen molar-refractivity contribution in [3.63, 3.8) is 0 Å². The first-order valence-corrected chi connectivity index (χ1v) is 7.82. The van der Waals surface area contributed by atoms with Crippen molar-refractivity contribution in [1.29, 1.82) is 0 Å². The van der Waals surface area contributed by atoms with Crippen LogP contribution >= 0.6 is 0 Å². The molecule has 3 aliphatic rings. The first kappa shape index (κ1) is 14.3. The van der Waals surface area contributed by atoms with Crippen LogP contribution in [0.4, 0.5) is 0 Å². The predicted octanol–water partition coefficient (Wildman–Crippen LogP) is 1.56. The van der Waals surface area contributed by atoms with Crippen LogP contribution in [0, 0.1) is 11.8 Å². The quantitative estimate of drug-likeness (QED) is 0.792. The van der Waals surface area contributed by atoms with Crippen LogP contribution in [0.2, 0.25) is 0 Å². The third-order valence-corrected chi connectivity index (χ3v) is 4.86. The van der Waals surface area contributed by atoms with Crippen molar-refractivity contribution in [1.82, 2.24) is 0 Å². The molecule has 118 valence electrons. The number of esters is 1. The standard InChI is InChI=1S/C18H16O5/c1-2-22-18(21)15-12(9-6-4-3-5-7-9)16(20)13-11-8-10(19)17(23-11)14(13)15/h3-7,11,13-14,17H,2,8H2,1H3/t11-,13-,14+,17+/m0/s1. The summed E-state index contributed by atoms with van der Waals surface area (Å²) in [6.07, 6.45) is -0.833. The zero-order valence-electron chi connectivity index (χ0n) is 12.7. The molecule has 2 saturated heterocycles. The van der Waals surface area contributed by atoms with Crippen LogP contribution in [0.15, 0.2) is 35.9 Å². The second-order valence-corrected chi connectivity index (χ2v) is 6.06. The van der Waals surface area contributed by atoms with E-state index < -0.39 is 30.0 Å². The molecule has 0 saturated carbocycles. The van der Waals surface area contributed by atoms with E-state index in [2.05, 4.69) is 0 Å². The van der Waals surface area contributed by atoms with Crippen LogP contribution in [0.25, 0.3) is 5.57 Å². The summed E-state index contributed by atoms with van der Waals surface area (Å²) < 4.78 is 10.8. The van der Waals surface area contributed by atoms with Gasteiger partial charge in [-0.05, 0) is 12.5 Å². The molecule has 1 aliphatic carbocycles. The van der Waals surface area contributed by atoms with Gasteiger partial charge in [0.1, 0.15) is 6.10 Å². The molecule has 2 bridgehead atoms. The molecule has 4 atom stereocenters. The summed E-state index contributed by atoms with van der Waals surface area (Å²) in [4.78, 5) is 37.5. The minimum absolute atomic E-state index is 0.0276. The predicted molar refractivity (Wildman–Crippen MR) is 80.3 cm³/mol. The number of benzene rings is 1. The Hall–Kier alpha value is -2.27. The Kier molecular flexibility index (Phi) is 3.20. The zero-order valence-corrected chi connectivity index (χ0v) is 12.7. The van der Waals surface area contributed by atoms with E-state index in [4.69, 9.17) is 9.47 Å². The largest absolute Gasteiger partial charge is 0.463 e. The molecule has 1 aromatic carbocycles. The van der Waals surface area contributed by atoms with Crippen molar-refractivity contribution in [2.75, 3.05) is 6.61 Å². The lowest BCUT2D eigenvalue weighted by molar-refractivity contribution is -0.139. The van der Waals surface area contributed by atoms with Gasteiger partial charge in [0.05, 0.1) is 24.2 Å². The normalized spacial score (nSPS) is 31.7. The molecule has 0 N–H and O–H groups in total. The summed E-state index contributed by atoms with van der Waals surface area (Å²) in [5.74, 6) is -1.59. The fourth-order valence-corrected chi connectivity index (χ4v) is 4.02. The Morgan fingerprint density at radius 3 is 2.65 bits per heavy atom. The first-order chi connectivity index (χ1) is 11.1. The topological polar surface area (TPSA) is 69.7 Å². The fraction of sp³-hybridized carbons (Fsp3) is 0.389. The van der Waals surface area contributed by atoms with E-state index >= 15 is 0 Å². The van der Waals surface area contributed by atoms with Crippen LogP contribution < -0.4 is 0 Å². The molecule has 0 aromatic heterocycles. The van der Waals surface area contributed by atoms with Gasteiger partial charge in [-0.3, -0.25) is 9.59 Å². The van der Waals surface area contributed by atoms with Gasteiger partial charge in [-0.25, -0.2) is 4.79 Å². The molecule has 0 spiro atoms. The van der Waals surface area contributed by atoms with Gasteiger partial charge in [0, 0.05) is 17.9 Å². The van der Waals surface area contributed by atoms with Gasteiger partial charge >= 0.3 is 5.97 Å². The molecule has 1 aromatic rings. The van der Waals surface area contributed by atoms with E-state index in [1.807, 2.05) is 18.2 Å². The monoisotopic (exact) mass is 312 g/mol. The number of hydrogen-bond acceptors (Lipinski definition) is 5. The molecular weight excluding hydrogens is 296 g/mol. The van der Waals surface area contributed by atoms with Crippen molar-refractivity contribution in [2.45, 2.75) is 25.6 Å². The maximum Gasteiger partial charge on any atom is 0.335 e. The van der Waals surface area contributed by atoms with Gasteiger partial charge < -0.3 is 9.47 Å². The molecule has 23 heavy (non-hydrogen) atoms. The first-order valence-electron chi connectivity index (χ1n) is 7.82. The smallest absolute Gasteiger partial charge is 0.335 e. The van der Waals surface area contributed by atoms with Crippen LogP contribution in [0.3, 0.4) is 0 Å². The molecule has 0 radical (unpaired) electrons. The van der Waals surface area contributed by atoms with Crippen molar-refractivity contribution in [3.8, 4) is 0 Å². The number of Topliss-reactive ketones (excluding diaryl/α,β-unsaturated/α-hetero) is 2. The van der Waals surface area contributed by atoms with E-state index in [0.717, 1.165) is 0 Å². The fourth-order valence-electron chi connectivity index (χ4n) is 4.02. The highest BCUT2D eigenvalue weighted by Crippen LogP contribution is 2.53. The molecule has 0 amide bonds. The lowest BCUT2D eigenvalue weighted by atomic mass is 9.78. The van der Waals surface area contributed by atoms with Gasteiger partial charge in [0.2, 0.25) is 0 Å². The zero-order chi connectivity index (χ0) is 16.1. The third kappa shape index (κ3) is 1.93. The summed E-state index contributed by atoms with van der Waals surface area (Å²) in [6.45, 7) is 1.94. The maximum atomic E-state index is 12.9. The minimum atomic E-state index is -0.686. The number of allylic oxidation sites excluding steroid dienone is 1. The molecule has 5 nitrogen and oxygen atoms in total. The van der Waals surface area contributed by atoms with Crippen LogP contribution in [0.5, 0.6) is 0 Å². The van der Waals surface area contributed by atoms with Crippen LogP contribution in [-0.4, -0.2) is 36.4 Å². The molecule has 2 heterocycles. The average molecular weight is 312 g/mol. The number of carbonyl (C=O) groups excluding carboxylic acids is 3. The number of carbonyl (C=O) groups is 3. The van der Waals surface area contributed by atoms with Gasteiger partial charge in [-0.1, -0.05) is 30.3 Å². The molecule has 0 unspecified atom stereocenters. The summed E-state index contributed by atoms with van der Waals surface area (Å²) in [7, 11) is 0. The van der Waals surface area contributed by atoms with E-state index in [9.17, 15) is 14.4 Å². The Morgan fingerprint density at radius 2 is 1.96 bits per heavy atom. The molecule has 4 rings (SSSR count). The summed E-state index contributed by atoms with van der Waals surface area (Å²) in [5, 5.41) is 0. The second kappa shape index (κ2) is 5.13. The average Bonchev–Trinajstić information content (AvgIpc) is 3.18. The number of ketones is 2. The van der Waals surface area contributed by atoms with Crippen molar-refractivity contribution < 1.29 is 23.9 Å². The van der Waals surface area contributed by atoms with Crippen LogP contribution in [0.1, 0.15) is 18.9 Å². The van der Waals surface area contributed by atoms with E-state index in [1.54, 1.807) is 19.1 Å². The van der Waals surface area contributed by atoms with Crippen molar-refractivity contribution in [2.24, 2.45) is 11.8 Å². The van der Waals surface area contributed by atoms with Crippen molar-refractivity contribution >= 4 is 23.1 Å². The second-order valence-electron chi connectivity index (χ2n) is 6.06. The summed E-state index contributed by atoms with van der Waals surface area (Å²) in [5.41, 5.74) is 1.41. The number of rotatable bonds is 3. The Bertz CT molecular complexity index is 733. The van der Waals surface area contributed by atoms with Gasteiger partial charge in [0.15, 0.2) is 11.6 Å². The van der Waals surface area contributed by atoms with E-state index in [1.165, 1.54) is 0 Å². The SMILES string of the molecule is CCOC(=O)C1=C(c2ccccc2)C(=O)[C@@H]2[C@H]1[C@@H]1O[C@H]2CC1=O. The lowest BCUT2D eigenvalue weighted by Gasteiger charge is -2.20. The number of hydrogen-bond donors (Lipinski definition) is 0. The number of fused-ring (bicyclic) bond motifs is 5. The van der Waals surface area contributed by atoms with Gasteiger partial charge in [-0.2, -0.15) is 0 Å². The molecule has 2 aliphatic heterocycles. The molecular formula is C18H16O5. The van der Waals surface area contributed by atoms with Gasteiger partial charge in [0.25, 0.3) is 0 Å². The van der Waals surface area contributed by atoms with E-state index in [0.29, 0.717) is 16.7 Å².